The van der Waals surface area contributed by atoms with Crippen LogP contribution in [-0.2, 0) is 9.53 Å². The van der Waals surface area contributed by atoms with Gasteiger partial charge in [-0.05, 0) is 13.8 Å². The molecule has 0 aliphatic heterocycles. The van der Waals surface area contributed by atoms with Crippen LogP contribution in [0.5, 0.6) is 0 Å². The Morgan fingerprint density at radius 3 is 2.60 bits per heavy atom. The number of carbonyl (C=O) groups excluding carboxylic acids is 1. The van der Waals surface area contributed by atoms with Gasteiger partial charge in [0.1, 0.15) is 0 Å². The molecule has 1 N–H and O–H groups in total. The highest BCUT2D eigenvalue weighted by molar-refractivity contribution is 5.78. The summed E-state index contributed by atoms with van der Waals surface area (Å²) >= 11 is 0. The van der Waals surface area contributed by atoms with E-state index in [1.54, 1.807) is 0 Å². The third-order valence-electron chi connectivity index (χ3n) is 0.786. The molecule has 0 radical (unpaired) electrons. The Hall–Kier alpha value is -1.01. The lowest BCUT2D eigenvalue weighted by atomic mass is 10.1. The van der Waals surface area contributed by atoms with Crippen molar-refractivity contribution < 1.29 is 14.6 Å². The smallest absolute Gasteiger partial charge is 0.338 e. The highest BCUT2D eigenvalue weighted by Gasteiger charge is 2.24. The molecule has 0 heterocycles. The minimum Gasteiger partial charge on any atom is -0.450 e. The molecule has 0 aromatic carbocycles. The molecular formula is C7H10O3. The van der Waals surface area contributed by atoms with Crippen molar-refractivity contribution in [1.29, 1.82) is 0 Å². The number of terminal acetylenes is 1. The normalized spacial score (nSPS) is 10.2. The summed E-state index contributed by atoms with van der Waals surface area (Å²) in [5.41, 5.74) is -1.45. The molecule has 0 saturated carbocycles. The predicted octanol–water partition coefficient (Wildman–Crippen LogP) is -0.0663. The van der Waals surface area contributed by atoms with Crippen molar-refractivity contribution in [3.05, 3.63) is 0 Å². The lowest BCUT2D eigenvalue weighted by Gasteiger charge is -2.13. The Kier molecular flexibility index (Phi) is 2.91. The van der Waals surface area contributed by atoms with Gasteiger partial charge in [-0.1, -0.05) is 5.92 Å². The topological polar surface area (TPSA) is 46.5 Å². The number of aliphatic hydroxyl groups is 1. The van der Waals surface area contributed by atoms with E-state index in [1.165, 1.54) is 13.8 Å². The summed E-state index contributed by atoms with van der Waals surface area (Å²) in [7, 11) is 0. The second-order valence-electron chi connectivity index (χ2n) is 2.34. The van der Waals surface area contributed by atoms with Gasteiger partial charge in [0.05, 0.1) is 0 Å². The lowest BCUT2D eigenvalue weighted by molar-refractivity contribution is -0.160. The summed E-state index contributed by atoms with van der Waals surface area (Å²) in [5, 5.41) is 8.97. The second kappa shape index (κ2) is 3.23. The molecule has 0 fully saturated rings. The van der Waals surface area contributed by atoms with Gasteiger partial charge in [-0.25, -0.2) is 4.79 Å². The van der Waals surface area contributed by atoms with E-state index in [0.29, 0.717) is 0 Å². The van der Waals surface area contributed by atoms with E-state index >= 15 is 0 Å². The van der Waals surface area contributed by atoms with Crippen LogP contribution >= 0.6 is 0 Å². The van der Waals surface area contributed by atoms with Crippen LogP contribution in [0.15, 0.2) is 0 Å². The first-order valence-electron chi connectivity index (χ1n) is 2.81. The van der Waals surface area contributed by atoms with Crippen LogP contribution in [0.2, 0.25) is 0 Å². The van der Waals surface area contributed by atoms with Gasteiger partial charge in [-0.15, -0.1) is 6.42 Å². The summed E-state index contributed by atoms with van der Waals surface area (Å²) in [5.74, 6) is 1.41. The largest absolute Gasteiger partial charge is 0.450 e. The third-order valence-corrected chi connectivity index (χ3v) is 0.786. The SMILES string of the molecule is C#CCOC(=O)C(C)(C)O. The first kappa shape index (κ1) is 8.99. The van der Waals surface area contributed by atoms with Crippen molar-refractivity contribution in [1.82, 2.24) is 0 Å². The first-order valence-corrected chi connectivity index (χ1v) is 2.81. The minimum atomic E-state index is -1.45. The van der Waals surface area contributed by atoms with Crippen LogP contribution in [0, 0.1) is 12.3 Å². The molecule has 0 aromatic heterocycles. The van der Waals surface area contributed by atoms with Crippen LogP contribution in [0.4, 0.5) is 0 Å². The Morgan fingerprint density at radius 1 is 1.80 bits per heavy atom. The summed E-state index contributed by atoms with van der Waals surface area (Å²) in [6.45, 7) is 2.58. The Labute approximate surface area is 60.0 Å². The zero-order valence-corrected chi connectivity index (χ0v) is 6.05. The highest BCUT2D eigenvalue weighted by Crippen LogP contribution is 2.02. The summed E-state index contributed by atoms with van der Waals surface area (Å²) in [6.07, 6.45) is 4.81. The fourth-order valence-electron chi connectivity index (χ4n) is 0.284. The molecule has 56 valence electrons. The lowest BCUT2D eigenvalue weighted by Crippen LogP contribution is -2.33. The Bertz CT molecular complexity index is 159. The van der Waals surface area contributed by atoms with Gasteiger partial charge in [0.25, 0.3) is 0 Å². The number of ether oxygens (including phenoxy) is 1. The average Bonchev–Trinajstić information content (AvgIpc) is 1.80. The molecule has 0 saturated heterocycles. The summed E-state index contributed by atoms with van der Waals surface area (Å²) in [6, 6.07) is 0. The van der Waals surface area contributed by atoms with Crippen LogP contribution in [0.1, 0.15) is 13.8 Å². The predicted molar refractivity (Wildman–Crippen MR) is 36.1 cm³/mol. The molecule has 0 unspecified atom stereocenters. The molecule has 10 heavy (non-hydrogen) atoms. The molecule has 0 amide bonds. The quantitative estimate of drug-likeness (QED) is 0.433. The maximum absolute atomic E-state index is 10.7. The van der Waals surface area contributed by atoms with Gasteiger partial charge < -0.3 is 9.84 Å². The molecule has 0 spiro atoms. The van der Waals surface area contributed by atoms with Crippen molar-refractivity contribution in [2.45, 2.75) is 19.4 Å². The van der Waals surface area contributed by atoms with Crippen LogP contribution in [0.3, 0.4) is 0 Å². The van der Waals surface area contributed by atoms with Gasteiger partial charge in [-0.2, -0.15) is 0 Å². The second-order valence-corrected chi connectivity index (χ2v) is 2.34. The van der Waals surface area contributed by atoms with E-state index in [2.05, 4.69) is 10.7 Å². The average molecular weight is 142 g/mol. The zero-order valence-electron chi connectivity index (χ0n) is 6.05. The van der Waals surface area contributed by atoms with Crippen LogP contribution in [-0.4, -0.2) is 23.3 Å². The molecule has 0 aliphatic rings. The van der Waals surface area contributed by atoms with Gasteiger partial charge in [0, 0.05) is 0 Å². The Morgan fingerprint density at radius 2 is 2.30 bits per heavy atom. The minimum absolute atomic E-state index is 0.0944. The third kappa shape index (κ3) is 3.10. The number of rotatable bonds is 2. The molecule has 0 atom stereocenters. The monoisotopic (exact) mass is 142 g/mol. The number of carbonyl (C=O) groups is 1. The van der Waals surface area contributed by atoms with Gasteiger partial charge in [0.2, 0.25) is 0 Å². The van der Waals surface area contributed by atoms with Crippen molar-refractivity contribution in [3.8, 4) is 12.3 Å². The number of hydrogen-bond donors (Lipinski definition) is 1. The van der Waals surface area contributed by atoms with Gasteiger partial charge in [0.15, 0.2) is 12.2 Å². The van der Waals surface area contributed by atoms with E-state index < -0.39 is 11.6 Å². The van der Waals surface area contributed by atoms with E-state index in [1.807, 2.05) is 0 Å². The fourth-order valence-corrected chi connectivity index (χ4v) is 0.284. The van der Waals surface area contributed by atoms with Crippen LogP contribution in [0.25, 0.3) is 0 Å². The molecule has 0 aromatic rings. The first-order chi connectivity index (χ1) is 4.48. The van der Waals surface area contributed by atoms with Crippen molar-refractivity contribution >= 4 is 5.97 Å². The fraction of sp³-hybridized carbons (Fsp3) is 0.571. The molecule has 0 aliphatic carbocycles. The molecule has 0 rings (SSSR count). The number of esters is 1. The van der Waals surface area contributed by atoms with Crippen molar-refractivity contribution in [3.63, 3.8) is 0 Å². The van der Waals surface area contributed by atoms with Crippen molar-refractivity contribution in [2.75, 3.05) is 6.61 Å². The Balaban J connectivity index is 3.78. The maximum Gasteiger partial charge on any atom is 0.338 e. The van der Waals surface area contributed by atoms with Gasteiger partial charge in [-0.3, -0.25) is 0 Å². The van der Waals surface area contributed by atoms with Crippen molar-refractivity contribution in [2.24, 2.45) is 0 Å². The van der Waals surface area contributed by atoms with Gasteiger partial charge >= 0.3 is 5.97 Å². The molecule has 3 heteroatoms. The van der Waals surface area contributed by atoms with E-state index in [9.17, 15) is 4.79 Å². The van der Waals surface area contributed by atoms with E-state index in [-0.39, 0.29) is 6.61 Å². The summed E-state index contributed by atoms with van der Waals surface area (Å²) < 4.78 is 4.43. The number of hydrogen-bond acceptors (Lipinski definition) is 3. The molecule has 3 nitrogen and oxygen atoms in total. The van der Waals surface area contributed by atoms with Crippen LogP contribution < -0.4 is 0 Å². The standard InChI is InChI=1S/C7H10O3/c1-4-5-10-6(8)7(2,3)9/h1,9H,5H2,2-3H3. The molecular weight excluding hydrogens is 132 g/mol. The summed E-state index contributed by atoms with van der Waals surface area (Å²) in [4.78, 5) is 10.7. The molecule has 0 bridgehead atoms. The maximum atomic E-state index is 10.7. The van der Waals surface area contributed by atoms with E-state index in [0.717, 1.165) is 0 Å². The zero-order chi connectivity index (χ0) is 8.20. The highest BCUT2D eigenvalue weighted by atomic mass is 16.5. The van der Waals surface area contributed by atoms with E-state index in [4.69, 9.17) is 11.5 Å².